The van der Waals surface area contributed by atoms with E-state index in [1.807, 2.05) is 0 Å². The number of fused-ring (bicyclic) bond motifs is 1. The lowest BCUT2D eigenvalue weighted by Crippen LogP contribution is -2.33. The van der Waals surface area contributed by atoms with E-state index in [0.717, 1.165) is 6.42 Å². The Morgan fingerprint density at radius 3 is 2.89 bits per heavy atom. The zero-order chi connectivity index (χ0) is 13.3. The highest BCUT2D eigenvalue weighted by atomic mass is 19.1. The van der Waals surface area contributed by atoms with Crippen LogP contribution in [-0.4, -0.2) is 17.6 Å². The lowest BCUT2D eigenvalue weighted by Gasteiger charge is -2.33. The smallest absolute Gasteiger partial charge is 0.311 e. The first-order chi connectivity index (χ1) is 8.49. The summed E-state index contributed by atoms with van der Waals surface area (Å²) in [5, 5.41) is 12.6. The predicted molar refractivity (Wildman–Crippen MR) is 68.2 cm³/mol. The van der Waals surface area contributed by atoms with Crippen molar-refractivity contribution in [1.29, 1.82) is 0 Å². The highest BCUT2D eigenvalue weighted by Gasteiger charge is 2.35. The number of rotatable bonds is 3. The molecule has 2 unspecified atom stereocenters. The highest BCUT2D eigenvalue weighted by molar-refractivity contribution is 5.80. The van der Waals surface area contributed by atoms with Crippen molar-refractivity contribution in [3.63, 3.8) is 0 Å². The second-order valence-electron chi connectivity index (χ2n) is 5.32. The monoisotopic (exact) mass is 251 g/mol. The molecule has 1 heterocycles. The van der Waals surface area contributed by atoms with Gasteiger partial charge in [-0.25, -0.2) is 4.39 Å². The maximum absolute atomic E-state index is 13.1. The van der Waals surface area contributed by atoms with Gasteiger partial charge in [-0.3, -0.25) is 4.79 Å². The van der Waals surface area contributed by atoms with Crippen LogP contribution in [0.3, 0.4) is 0 Å². The van der Waals surface area contributed by atoms with Crippen molar-refractivity contribution in [2.24, 2.45) is 11.8 Å². The minimum Gasteiger partial charge on any atom is -0.481 e. The Morgan fingerprint density at radius 2 is 2.28 bits per heavy atom. The Balaban J connectivity index is 2.36. The average Bonchev–Trinajstić information content (AvgIpc) is 2.27. The number of aliphatic carboxylic acids is 1. The quantitative estimate of drug-likeness (QED) is 0.868. The summed E-state index contributed by atoms with van der Waals surface area (Å²) in [5.41, 5.74) is 1.31. The summed E-state index contributed by atoms with van der Waals surface area (Å²) in [5.74, 6) is -1.20. The van der Waals surface area contributed by atoms with Crippen LogP contribution in [0.25, 0.3) is 0 Å². The molecule has 2 N–H and O–H groups in total. The van der Waals surface area contributed by atoms with Crippen molar-refractivity contribution in [3.05, 3.63) is 29.6 Å². The molecule has 18 heavy (non-hydrogen) atoms. The second-order valence-corrected chi connectivity index (χ2v) is 5.32. The molecule has 1 aliphatic heterocycles. The Hall–Kier alpha value is -1.58. The fraction of sp³-hybridized carbons (Fsp3) is 0.500. The lowest BCUT2D eigenvalue weighted by molar-refractivity contribution is -0.140. The summed E-state index contributed by atoms with van der Waals surface area (Å²) >= 11 is 0. The standard InChI is InChI=1S/C14H18FNO2/c1-8(2)5-9-7-16-12-6-10(15)3-4-11(12)13(9)14(17)18/h3-4,6,8-9,13,16H,5,7H2,1-2H3,(H,17,18). The fourth-order valence-electron chi connectivity index (χ4n) is 2.73. The van der Waals surface area contributed by atoms with Gasteiger partial charge in [0.1, 0.15) is 5.82 Å². The molecule has 2 atom stereocenters. The van der Waals surface area contributed by atoms with E-state index in [2.05, 4.69) is 19.2 Å². The van der Waals surface area contributed by atoms with Crippen LogP contribution in [0.4, 0.5) is 10.1 Å². The molecule has 98 valence electrons. The molecule has 1 aromatic carbocycles. The Bertz CT molecular complexity index is 459. The molecular weight excluding hydrogens is 233 g/mol. The Morgan fingerprint density at radius 1 is 1.56 bits per heavy atom. The first-order valence-electron chi connectivity index (χ1n) is 6.25. The van der Waals surface area contributed by atoms with Crippen molar-refractivity contribution in [3.8, 4) is 0 Å². The van der Waals surface area contributed by atoms with E-state index in [9.17, 15) is 14.3 Å². The summed E-state index contributed by atoms with van der Waals surface area (Å²) in [6.45, 7) is 4.75. The second kappa shape index (κ2) is 4.96. The van der Waals surface area contributed by atoms with Crippen LogP contribution in [0.1, 0.15) is 31.7 Å². The molecule has 0 aliphatic carbocycles. The Labute approximate surface area is 106 Å². The van der Waals surface area contributed by atoms with Gasteiger partial charge in [-0.15, -0.1) is 0 Å². The minimum absolute atomic E-state index is 0.0560. The van der Waals surface area contributed by atoms with E-state index in [-0.39, 0.29) is 11.7 Å². The van der Waals surface area contributed by atoms with E-state index in [0.29, 0.717) is 23.7 Å². The minimum atomic E-state index is -0.824. The van der Waals surface area contributed by atoms with Crippen LogP contribution in [0.2, 0.25) is 0 Å². The van der Waals surface area contributed by atoms with Gasteiger partial charge in [0.2, 0.25) is 0 Å². The summed E-state index contributed by atoms with van der Waals surface area (Å²) in [6, 6.07) is 4.29. The van der Waals surface area contributed by atoms with Crippen LogP contribution in [0.15, 0.2) is 18.2 Å². The van der Waals surface area contributed by atoms with Gasteiger partial charge in [0.25, 0.3) is 0 Å². The molecular formula is C14H18FNO2. The van der Waals surface area contributed by atoms with E-state index in [1.165, 1.54) is 12.1 Å². The highest BCUT2D eigenvalue weighted by Crippen LogP contribution is 2.38. The van der Waals surface area contributed by atoms with E-state index in [4.69, 9.17) is 0 Å². The molecule has 0 saturated carbocycles. The third-order valence-electron chi connectivity index (χ3n) is 3.42. The molecule has 0 spiro atoms. The fourth-order valence-corrected chi connectivity index (χ4v) is 2.73. The van der Waals surface area contributed by atoms with Crippen LogP contribution < -0.4 is 5.32 Å². The van der Waals surface area contributed by atoms with Gasteiger partial charge in [-0.2, -0.15) is 0 Å². The van der Waals surface area contributed by atoms with Gasteiger partial charge >= 0.3 is 5.97 Å². The zero-order valence-electron chi connectivity index (χ0n) is 10.6. The van der Waals surface area contributed by atoms with Gasteiger partial charge in [0, 0.05) is 12.2 Å². The molecule has 2 rings (SSSR count). The molecule has 0 bridgehead atoms. The maximum Gasteiger partial charge on any atom is 0.311 e. The molecule has 0 radical (unpaired) electrons. The van der Waals surface area contributed by atoms with Gasteiger partial charge in [-0.05, 0) is 36.0 Å². The van der Waals surface area contributed by atoms with Crippen molar-refractivity contribution in [2.75, 3.05) is 11.9 Å². The summed E-state index contributed by atoms with van der Waals surface area (Å²) < 4.78 is 13.1. The van der Waals surface area contributed by atoms with Gasteiger partial charge < -0.3 is 10.4 Å². The number of hydrogen-bond acceptors (Lipinski definition) is 2. The van der Waals surface area contributed by atoms with Crippen LogP contribution in [0.5, 0.6) is 0 Å². The number of carboxylic acids is 1. The number of benzene rings is 1. The SMILES string of the molecule is CC(C)CC1CNc2cc(F)ccc2C1C(=O)O. The van der Waals surface area contributed by atoms with Crippen LogP contribution in [0, 0.1) is 17.7 Å². The normalized spacial score (nSPS) is 22.4. The number of nitrogens with one attached hydrogen (secondary N) is 1. The summed E-state index contributed by atoms with van der Waals surface area (Å²) in [6.07, 6.45) is 0.848. The predicted octanol–water partition coefficient (Wildman–Crippen LogP) is 3.08. The van der Waals surface area contributed by atoms with E-state index < -0.39 is 11.9 Å². The summed E-state index contributed by atoms with van der Waals surface area (Å²) in [4.78, 5) is 11.5. The van der Waals surface area contributed by atoms with Crippen molar-refractivity contribution in [2.45, 2.75) is 26.2 Å². The molecule has 1 aliphatic rings. The van der Waals surface area contributed by atoms with Crippen molar-refractivity contribution in [1.82, 2.24) is 0 Å². The van der Waals surface area contributed by atoms with Crippen LogP contribution in [-0.2, 0) is 4.79 Å². The number of anilines is 1. The van der Waals surface area contributed by atoms with Gasteiger partial charge in [0.15, 0.2) is 0 Å². The molecule has 0 amide bonds. The van der Waals surface area contributed by atoms with E-state index >= 15 is 0 Å². The first-order valence-corrected chi connectivity index (χ1v) is 6.25. The largest absolute Gasteiger partial charge is 0.481 e. The van der Waals surface area contributed by atoms with Gasteiger partial charge in [-0.1, -0.05) is 19.9 Å². The lowest BCUT2D eigenvalue weighted by atomic mass is 9.78. The Kier molecular flexibility index (Phi) is 3.55. The van der Waals surface area contributed by atoms with Crippen molar-refractivity contribution >= 4 is 11.7 Å². The number of carbonyl (C=O) groups is 1. The molecule has 0 aromatic heterocycles. The number of halogens is 1. The molecule has 0 fully saturated rings. The molecule has 4 heteroatoms. The zero-order valence-corrected chi connectivity index (χ0v) is 10.6. The first kappa shape index (κ1) is 12.9. The number of hydrogen-bond donors (Lipinski definition) is 2. The third kappa shape index (κ3) is 2.47. The van der Waals surface area contributed by atoms with E-state index in [1.54, 1.807) is 6.07 Å². The van der Waals surface area contributed by atoms with Gasteiger partial charge in [0.05, 0.1) is 5.92 Å². The molecule has 1 aromatic rings. The summed E-state index contributed by atoms with van der Waals surface area (Å²) in [7, 11) is 0. The molecule has 3 nitrogen and oxygen atoms in total. The van der Waals surface area contributed by atoms with Crippen molar-refractivity contribution < 1.29 is 14.3 Å². The maximum atomic E-state index is 13.1. The topological polar surface area (TPSA) is 49.3 Å². The van der Waals surface area contributed by atoms with Crippen LogP contribution >= 0.6 is 0 Å². The average molecular weight is 251 g/mol. The molecule has 0 saturated heterocycles. The third-order valence-corrected chi connectivity index (χ3v) is 3.42. The number of carboxylic acid groups (broad SMARTS) is 1.